The normalized spacial score (nSPS) is 11.7. The van der Waals surface area contributed by atoms with Crippen LogP contribution in [0.2, 0.25) is 0 Å². The summed E-state index contributed by atoms with van der Waals surface area (Å²) in [6.07, 6.45) is 0. The van der Waals surface area contributed by atoms with Crippen LogP contribution in [-0.4, -0.2) is 25.7 Å². The zero-order valence-corrected chi connectivity index (χ0v) is 8.47. The van der Waals surface area contributed by atoms with Crippen LogP contribution in [0.3, 0.4) is 0 Å². The van der Waals surface area contributed by atoms with Crippen LogP contribution in [0.25, 0.3) is 0 Å². The Morgan fingerprint density at radius 3 is 2.23 bits per heavy atom. The third-order valence-corrected chi connectivity index (χ3v) is 1.71. The molecule has 0 saturated heterocycles. The van der Waals surface area contributed by atoms with Crippen LogP contribution in [0.15, 0.2) is 10.6 Å². The van der Waals surface area contributed by atoms with Crippen molar-refractivity contribution in [3.05, 3.63) is 10.6 Å². The molecule has 0 aromatic heterocycles. The van der Waals surface area contributed by atoms with Gasteiger partial charge < -0.3 is 9.47 Å². The molecule has 13 heavy (non-hydrogen) atoms. The van der Waals surface area contributed by atoms with E-state index >= 15 is 0 Å². The lowest BCUT2D eigenvalue weighted by molar-refractivity contribution is -0.140. The van der Waals surface area contributed by atoms with Gasteiger partial charge >= 0.3 is 11.9 Å². The molecule has 0 atom stereocenters. The molecule has 0 amide bonds. The molecule has 0 rings (SSSR count). The van der Waals surface area contributed by atoms with Crippen molar-refractivity contribution < 1.29 is 19.1 Å². The molecule has 0 spiro atoms. The Morgan fingerprint density at radius 2 is 1.85 bits per heavy atom. The molecule has 0 N–H and O–H groups in total. The van der Waals surface area contributed by atoms with Crippen LogP contribution in [-0.2, 0) is 19.1 Å². The second-order valence-corrected chi connectivity index (χ2v) is 2.53. The Hall–Kier alpha value is -1.03. The van der Waals surface area contributed by atoms with Crippen molar-refractivity contribution in [2.24, 2.45) is 0 Å². The van der Waals surface area contributed by atoms with Gasteiger partial charge in [0.05, 0.1) is 19.3 Å². The molecule has 74 valence electrons. The predicted octanol–water partition coefficient (Wildman–Crippen LogP) is 1.24. The average molecular weight is 207 g/mol. The van der Waals surface area contributed by atoms with Gasteiger partial charge in [-0.15, -0.1) is 0 Å². The van der Waals surface area contributed by atoms with Crippen LogP contribution < -0.4 is 0 Å². The Labute approximate surface area is 81.5 Å². The molecule has 0 aliphatic carbocycles. The average Bonchev–Trinajstić information content (AvgIpc) is 2.14. The number of carbonyl (C=O) groups excluding carboxylic acids is 2. The highest BCUT2D eigenvalue weighted by Crippen LogP contribution is 2.12. The van der Waals surface area contributed by atoms with Crippen molar-refractivity contribution >= 4 is 23.5 Å². The number of halogens is 1. The summed E-state index contributed by atoms with van der Waals surface area (Å²) in [4.78, 5) is 21.9. The van der Waals surface area contributed by atoms with Crippen molar-refractivity contribution in [3.63, 3.8) is 0 Å². The highest BCUT2D eigenvalue weighted by Gasteiger charge is 2.16. The van der Waals surface area contributed by atoms with Gasteiger partial charge in [-0.2, -0.15) is 0 Å². The van der Waals surface area contributed by atoms with Crippen LogP contribution in [0.1, 0.15) is 13.8 Å². The van der Waals surface area contributed by atoms with E-state index in [9.17, 15) is 9.59 Å². The van der Waals surface area contributed by atoms with Gasteiger partial charge in [0.25, 0.3) is 0 Å². The largest absolute Gasteiger partial charge is 0.465 e. The first-order chi connectivity index (χ1) is 6.04. The number of carbonyl (C=O) groups is 2. The smallest absolute Gasteiger partial charge is 0.350 e. The van der Waals surface area contributed by atoms with E-state index in [1.807, 2.05) is 0 Å². The lowest BCUT2D eigenvalue weighted by atomic mass is 10.3. The lowest BCUT2D eigenvalue weighted by Crippen LogP contribution is -2.11. The quantitative estimate of drug-likeness (QED) is 0.515. The van der Waals surface area contributed by atoms with Crippen LogP contribution in [0.5, 0.6) is 0 Å². The second-order valence-electron chi connectivity index (χ2n) is 2.15. The van der Waals surface area contributed by atoms with E-state index in [2.05, 4.69) is 9.47 Å². The van der Waals surface area contributed by atoms with Crippen molar-refractivity contribution in [2.45, 2.75) is 13.8 Å². The number of hydrogen-bond acceptors (Lipinski definition) is 4. The number of methoxy groups -OCH3 is 1. The summed E-state index contributed by atoms with van der Waals surface area (Å²) in [5, 5.41) is -0.249. The van der Waals surface area contributed by atoms with Gasteiger partial charge in [0.1, 0.15) is 5.03 Å². The van der Waals surface area contributed by atoms with E-state index in [4.69, 9.17) is 11.6 Å². The van der Waals surface area contributed by atoms with Gasteiger partial charge in [-0.05, 0) is 13.8 Å². The maximum Gasteiger partial charge on any atom is 0.350 e. The fraction of sp³-hybridized carbons (Fsp3) is 0.500. The molecule has 0 fully saturated rings. The first kappa shape index (κ1) is 12.0. The molecule has 0 aromatic carbocycles. The van der Waals surface area contributed by atoms with Gasteiger partial charge in [-0.3, -0.25) is 0 Å². The molecule has 0 bridgehead atoms. The Morgan fingerprint density at radius 1 is 1.31 bits per heavy atom. The molecule has 0 aliphatic heterocycles. The second kappa shape index (κ2) is 5.59. The highest BCUT2D eigenvalue weighted by molar-refractivity contribution is 6.43. The molecule has 0 heterocycles. The first-order valence-corrected chi connectivity index (χ1v) is 4.04. The Balaban J connectivity index is 4.60. The van der Waals surface area contributed by atoms with E-state index in [-0.39, 0.29) is 17.2 Å². The number of esters is 2. The molecule has 0 radical (unpaired) electrons. The maximum absolute atomic E-state index is 11.0. The minimum atomic E-state index is -0.743. The Kier molecular flexibility index (Phi) is 5.14. The van der Waals surface area contributed by atoms with Crippen LogP contribution >= 0.6 is 11.6 Å². The summed E-state index contributed by atoms with van der Waals surface area (Å²) >= 11 is 5.52. The van der Waals surface area contributed by atoms with Crippen molar-refractivity contribution in [1.82, 2.24) is 0 Å². The molecule has 0 aromatic rings. The summed E-state index contributed by atoms with van der Waals surface area (Å²) in [5.74, 6) is -1.36. The summed E-state index contributed by atoms with van der Waals surface area (Å²) in [6.45, 7) is 3.30. The predicted molar refractivity (Wildman–Crippen MR) is 47.2 cm³/mol. The third-order valence-electron chi connectivity index (χ3n) is 1.28. The molecular formula is C8H11ClO4. The summed E-state index contributed by atoms with van der Waals surface area (Å²) in [7, 11) is 1.18. The van der Waals surface area contributed by atoms with Crippen molar-refractivity contribution in [2.75, 3.05) is 13.7 Å². The standard InChI is InChI=1S/C8H11ClO4/c1-4-13-7(10)5(2)6(9)8(11)12-3/h4H2,1-3H3/b6-5-. The van der Waals surface area contributed by atoms with E-state index in [1.54, 1.807) is 6.92 Å². The topological polar surface area (TPSA) is 52.6 Å². The van der Waals surface area contributed by atoms with E-state index < -0.39 is 11.9 Å². The molecule has 0 unspecified atom stereocenters. The van der Waals surface area contributed by atoms with Crippen LogP contribution in [0, 0.1) is 0 Å². The van der Waals surface area contributed by atoms with Crippen LogP contribution in [0.4, 0.5) is 0 Å². The van der Waals surface area contributed by atoms with Gasteiger partial charge in [0.15, 0.2) is 0 Å². The van der Waals surface area contributed by atoms with E-state index in [1.165, 1.54) is 14.0 Å². The maximum atomic E-state index is 11.0. The van der Waals surface area contributed by atoms with Crippen molar-refractivity contribution in [3.8, 4) is 0 Å². The highest BCUT2D eigenvalue weighted by atomic mass is 35.5. The van der Waals surface area contributed by atoms with Gasteiger partial charge in [0.2, 0.25) is 0 Å². The van der Waals surface area contributed by atoms with E-state index in [0.717, 1.165) is 0 Å². The summed E-state index contributed by atoms with van der Waals surface area (Å²) in [6, 6.07) is 0. The zero-order valence-electron chi connectivity index (χ0n) is 7.72. The number of rotatable bonds is 3. The first-order valence-electron chi connectivity index (χ1n) is 3.66. The van der Waals surface area contributed by atoms with Crippen molar-refractivity contribution in [1.29, 1.82) is 0 Å². The zero-order chi connectivity index (χ0) is 10.4. The fourth-order valence-electron chi connectivity index (χ4n) is 0.572. The van der Waals surface area contributed by atoms with Gasteiger partial charge in [-0.25, -0.2) is 9.59 Å². The molecular weight excluding hydrogens is 196 g/mol. The van der Waals surface area contributed by atoms with E-state index in [0.29, 0.717) is 0 Å². The SMILES string of the molecule is CCOC(=O)/C(C)=C(\Cl)C(=O)OC. The fourth-order valence-corrected chi connectivity index (χ4v) is 0.726. The minimum absolute atomic E-state index is 0.0513. The summed E-state index contributed by atoms with van der Waals surface area (Å²) < 4.78 is 8.96. The lowest BCUT2D eigenvalue weighted by Gasteiger charge is -2.03. The molecule has 0 saturated carbocycles. The number of hydrogen-bond donors (Lipinski definition) is 0. The summed E-state index contributed by atoms with van der Waals surface area (Å²) in [5.41, 5.74) is 0.0513. The molecule has 5 heteroatoms. The monoisotopic (exact) mass is 206 g/mol. The minimum Gasteiger partial charge on any atom is -0.465 e. The number of ether oxygens (including phenoxy) is 2. The third kappa shape index (κ3) is 3.46. The molecule has 0 aliphatic rings. The van der Waals surface area contributed by atoms with Gasteiger partial charge in [0, 0.05) is 0 Å². The molecule has 4 nitrogen and oxygen atoms in total. The Bertz CT molecular complexity index is 245. The van der Waals surface area contributed by atoms with Gasteiger partial charge in [-0.1, -0.05) is 11.6 Å².